The zero-order chi connectivity index (χ0) is 18.8. The minimum Gasteiger partial charge on any atom is -0.497 e. The van der Waals surface area contributed by atoms with Gasteiger partial charge in [-0.15, -0.1) is 0 Å². The van der Waals surface area contributed by atoms with Crippen molar-refractivity contribution < 1.29 is 21.7 Å². The van der Waals surface area contributed by atoms with E-state index in [1.165, 1.54) is 7.11 Å². The minimum absolute atomic E-state index is 0.0662. The van der Waals surface area contributed by atoms with Crippen molar-refractivity contribution in [2.45, 2.75) is 11.4 Å². The van der Waals surface area contributed by atoms with Gasteiger partial charge in [0, 0.05) is 17.6 Å². The molecule has 0 radical (unpaired) electrons. The first-order valence-electron chi connectivity index (χ1n) is 7.66. The summed E-state index contributed by atoms with van der Waals surface area (Å²) in [4.78, 5) is -0.314. The Hall–Kier alpha value is -1.44. The van der Waals surface area contributed by atoms with Crippen molar-refractivity contribution in [2.75, 3.05) is 14.1 Å². The molecule has 0 fully saturated rings. The topological polar surface area (TPSA) is 46.6 Å². The lowest BCUT2D eigenvalue weighted by molar-refractivity contribution is 0.414. The third kappa shape index (κ3) is 3.66. The van der Waals surface area contributed by atoms with Crippen molar-refractivity contribution in [1.29, 1.82) is 0 Å². The summed E-state index contributed by atoms with van der Waals surface area (Å²) in [5.74, 6) is -0.0796. The monoisotopic (exact) mass is 390 g/mol. The average molecular weight is 391 g/mol. The Bertz CT molecular complexity index is 857. The van der Waals surface area contributed by atoms with Gasteiger partial charge in [0.15, 0.2) is 0 Å². The number of benzene rings is 2. The van der Waals surface area contributed by atoms with E-state index >= 15 is 0 Å². The molecule has 0 atom stereocenters. The van der Waals surface area contributed by atoms with Gasteiger partial charge in [-0.2, -0.15) is 4.31 Å². The number of ether oxygens (including phenoxy) is 1. The highest BCUT2D eigenvalue weighted by atomic mass is 79.9. The molecule has 0 amide bonds. The van der Waals surface area contributed by atoms with Crippen LogP contribution in [-0.2, 0) is 16.6 Å². The molecule has 2 rings (SSSR count). The molecule has 0 aromatic heterocycles. The molecule has 0 aliphatic rings. The fourth-order valence-corrected chi connectivity index (χ4v) is 3.36. The molecular formula is C15H15BrFNO3S. The summed E-state index contributed by atoms with van der Waals surface area (Å²) < 4.78 is 67.0. The minimum atomic E-state index is -4.37. The number of nitrogens with zero attached hydrogens (tertiary/aromatic N) is 1. The maximum atomic E-state index is 13.4. The number of hydrogen-bond acceptors (Lipinski definition) is 3. The fourth-order valence-electron chi connectivity index (χ4n) is 1.75. The molecule has 0 saturated carbocycles. The first-order valence-corrected chi connectivity index (χ1v) is 8.40. The first-order chi connectivity index (χ1) is 11.6. The van der Waals surface area contributed by atoms with Crippen LogP contribution in [0.15, 0.2) is 51.8 Å². The molecule has 0 aliphatic heterocycles. The molecule has 0 heterocycles. The van der Waals surface area contributed by atoms with Crippen LogP contribution in [0.1, 0.15) is 9.68 Å². The van der Waals surface area contributed by atoms with Gasteiger partial charge in [0.05, 0.1) is 16.5 Å². The fraction of sp³-hybridized carbons (Fsp3) is 0.200. The van der Waals surface area contributed by atoms with Crippen LogP contribution in [0.25, 0.3) is 0 Å². The van der Waals surface area contributed by atoms with E-state index in [4.69, 9.17) is 8.85 Å². The van der Waals surface area contributed by atoms with Crippen LogP contribution in [0, 0.1) is 5.82 Å². The van der Waals surface area contributed by atoms with Crippen LogP contribution >= 0.6 is 15.9 Å². The Labute approximate surface area is 141 Å². The zero-order valence-electron chi connectivity index (χ0n) is 14.6. The quantitative estimate of drug-likeness (QED) is 0.785. The molecule has 2 aromatic carbocycles. The summed E-state index contributed by atoms with van der Waals surface area (Å²) >= 11 is 2.91. The van der Waals surface area contributed by atoms with E-state index in [1.807, 2.05) is 0 Å². The highest BCUT2D eigenvalue weighted by Gasteiger charge is 2.21. The lowest BCUT2D eigenvalue weighted by Gasteiger charge is -2.17. The molecule has 7 heteroatoms. The van der Waals surface area contributed by atoms with E-state index in [0.717, 1.165) is 18.2 Å². The number of rotatable bonds is 5. The molecule has 0 N–H and O–H groups in total. The van der Waals surface area contributed by atoms with Crippen LogP contribution < -0.4 is 4.74 Å². The Morgan fingerprint density at radius 1 is 1.27 bits per heavy atom. The van der Waals surface area contributed by atoms with Crippen molar-refractivity contribution in [1.82, 2.24) is 4.31 Å². The Morgan fingerprint density at radius 3 is 2.50 bits per heavy atom. The van der Waals surface area contributed by atoms with Crippen LogP contribution in [0.5, 0.6) is 5.75 Å². The van der Waals surface area contributed by atoms with Crippen LogP contribution in [0.3, 0.4) is 0 Å². The van der Waals surface area contributed by atoms with Crippen molar-refractivity contribution in [3.63, 3.8) is 0 Å². The van der Waals surface area contributed by atoms with E-state index in [1.54, 1.807) is 24.3 Å². The second kappa shape index (κ2) is 6.76. The molecule has 4 nitrogen and oxygen atoms in total. The van der Waals surface area contributed by atoms with Gasteiger partial charge < -0.3 is 4.74 Å². The summed E-state index contributed by atoms with van der Waals surface area (Å²) in [5, 5.41) is 0. The van der Waals surface area contributed by atoms with Crippen molar-refractivity contribution >= 4 is 26.0 Å². The molecule has 0 spiro atoms. The normalized spacial score (nSPS) is 14.3. The zero-order valence-corrected chi connectivity index (χ0v) is 14.0. The van der Waals surface area contributed by atoms with Crippen LogP contribution in [-0.4, -0.2) is 26.8 Å². The maximum absolute atomic E-state index is 13.4. The van der Waals surface area contributed by atoms with Gasteiger partial charge in [-0.25, -0.2) is 12.8 Å². The molecule has 0 unspecified atom stereocenters. The summed E-state index contributed by atoms with van der Waals surface area (Å²) in [5.41, 5.74) is 0.474. The van der Waals surface area contributed by atoms with Gasteiger partial charge in [-0.3, -0.25) is 0 Å². The molecule has 0 bridgehead atoms. The Balaban J connectivity index is 2.43. The summed E-state index contributed by atoms with van der Waals surface area (Å²) in [6.45, 7) is -3.27. The standard InChI is InChI=1S/C15H15BrFNO3S/c1-18(10-11-3-5-12(21-2)6-4-11)22(19,20)13-7-8-15(17)14(16)9-13/h3-9H,10H2,1-2H3/i1D3. The lowest BCUT2D eigenvalue weighted by Crippen LogP contribution is -2.26. The van der Waals surface area contributed by atoms with Gasteiger partial charge in [0.1, 0.15) is 11.6 Å². The van der Waals surface area contributed by atoms with Gasteiger partial charge >= 0.3 is 0 Å². The number of halogens is 2. The van der Waals surface area contributed by atoms with Gasteiger partial charge in [-0.05, 0) is 51.8 Å². The molecule has 118 valence electrons. The summed E-state index contributed by atoms with van der Waals surface area (Å²) in [7, 11) is -2.88. The van der Waals surface area contributed by atoms with Crippen molar-refractivity contribution in [2.24, 2.45) is 0 Å². The second-order valence-corrected chi connectivity index (χ2v) is 7.15. The number of methoxy groups -OCH3 is 1. The third-order valence-electron chi connectivity index (χ3n) is 2.96. The Kier molecular flexibility index (Phi) is 4.01. The third-order valence-corrected chi connectivity index (χ3v) is 5.13. The van der Waals surface area contributed by atoms with Gasteiger partial charge in [0.25, 0.3) is 0 Å². The van der Waals surface area contributed by atoms with E-state index in [2.05, 4.69) is 15.9 Å². The van der Waals surface area contributed by atoms with Gasteiger partial charge in [0.2, 0.25) is 10.0 Å². The molecule has 22 heavy (non-hydrogen) atoms. The predicted molar refractivity (Wildman–Crippen MR) is 85.7 cm³/mol. The smallest absolute Gasteiger partial charge is 0.243 e. The van der Waals surface area contributed by atoms with Crippen LogP contribution in [0.2, 0.25) is 0 Å². The number of sulfonamides is 1. The predicted octanol–water partition coefficient (Wildman–Crippen LogP) is 3.42. The SMILES string of the molecule is [2H]C([2H])([2H])N(Cc1ccc(OC)cc1)S(=O)(=O)c1ccc(F)c(Br)c1. The summed E-state index contributed by atoms with van der Waals surface area (Å²) in [6.07, 6.45) is 0. The molecule has 2 aromatic rings. The van der Waals surface area contributed by atoms with E-state index in [9.17, 15) is 12.8 Å². The molecule has 0 saturated heterocycles. The Morgan fingerprint density at radius 2 is 1.95 bits per heavy atom. The average Bonchev–Trinajstić information content (AvgIpc) is 2.54. The van der Waals surface area contributed by atoms with Crippen molar-refractivity contribution in [3.8, 4) is 5.75 Å². The van der Waals surface area contributed by atoms with Crippen LogP contribution in [0.4, 0.5) is 4.39 Å². The van der Waals surface area contributed by atoms with Crippen molar-refractivity contribution in [3.05, 3.63) is 58.3 Å². The highest BCUT2D eigenvalue weighted by molar-refractivity contribution is 9.10. The van der Waals surface area contributed by atoms with E-state index < -0.39 is 22.8 Å². The second-order valence-electron chi connectivity index (χ2n) is 4.44. The lowest BCUT2D eigenvalue weighted by atomic mass is 10.2. The largest absolute Gasteiger partial charge is 0.497 e. The highest BCUT2D eigenvalue weighted by Crippen LogP contribution is 2.23. The van der Waals surface area contributed by atoms with E-state index in [-0.39, 0.29) is 15.9 Å². The summed E-state index contributed by atoms with van der Waals surface area (Å²) in [6, 6.07) is 9.39. The first kappa shape index (κ1) is 13.0. The molecular weight excluding hydrogens is 373 g/mol. The van der Waals surface area contributed by atoms with Gasteiger partial charge in [-0.1, -0.05) is 12.1 Å². The number of hydrogen-bond donors (Lipinski definition) is 0. The van der Waals surface area contributed by atoms with E-state index in [0.29, 0.717) is 15.6 Å². The maximum Gasteiger partial charge on any atom is 0.243 e. The molecule has 0 aliphatic carbocycles.